The van der Waals surface area contributed by atoms with Gasteiger partial charge in [0.1, 0.15) is 6.33 Å². The number of aryl methyl sites for hydroxylation is 2. The van der Waals surface area contributed by atoms with E-state index in [-0.39, 0.29) is 11.2 Å². The smallest absolute Gasteiger partial charge is 0.237 e. The number of carbonyl (C=O) groups excluding carboxylic acids is 1. The van der Waals surface area contributed by atoms with Gasteiger partial charge in [0.2, 0.25) is 5.91 Å². The number of nitrogens with zero attached hydrogens (tertiary/aromatic N) is 4. The van der Waals surface area contributed by atoms with E-state index in [4.69, 9.17) is 4.74 Å². The molecule has 2 heterocycles. The van der Waals surface area contributed by atoms with Crippen molar-refractivity contribution in [2.24, 2.45) is 0 Å². The van der Waals surface area contributed by atoms with Crippen LogP contribution < -0.4 is 10.2 Å². The Hall–Kier alpha value is -2.84. The van der Waals surface area contributed by atoms with Gasteiger partial charge in [0.15, 0.2) is 5.16 Å². The molecule has 0 radical (unpaired) electrons. The number of aromatic nitrogens is 3. The van der Waals surface area contributed by atoms with Crippen molar-refractivity contribution in [2.75, 3.05) is 36.5 Å². The van der Waals surface area contributed by atoms with Crippen LogP contribution in [0.1, 0.15) is 18.1 Å². The van der Waals surface area contributed by atoms with Gasteiger partial charge in [-0.2, -0.15) is 0 Å². The zero-order chi connectivity index (χ0) is 21.8. The van der Waals surface area contributed by atoms with Gasteiger partial charge in [-0.1, -0.05) is 29.5 Å². The molecule has 1 aliphatic heterocycles. The van der Waals surface area contributed by atoms with E-state index in [2.05, 4.69) is 52.5 Å². The molecule has 1 amide bonds. The third kappa shape index (κ3) is 5.08. The number of morpholine rings is 1. The number of carbonyl (C=O) groups is 1. The molecule has 1 atom stereocenters. The molecule has 1 N–H and O–H groups in total. The highest BCUT2D eigenvalue weighted by Gasteiger charge is 2.19. The molecular weight excluding hydrogens is 410 g/mol. The van der Waals surface area contributed by atoms with Crippen molar-refractivity contribution in [2.45, 2.75) is 31.2 Å². The number of amides is 1. The summed E-state index contributed by atoms with van der Waals surface area (Å²) in [6, 6.07) is 14.2. The van der Waals surface area contributed by atoms with Crippen LogP contribution in [-0.4, -0.2) is 52.2 Å². The summed E-state index contributed by atoms with van der Waals surface area (Å²) in [6.45, 7) is 9.29. The highest BCUT2D eigenvalue weighted by Crippen LogP contribution is 2.27. The summed E-state index contributed by atoms with van der Waals surface area (Å²) >= 11 is 1.39. The molecule has 2 aromatic carbocycles. The number of anilines is 2. The van der Waals surface area contributed by atoms with Crippen LogP contribution in [0.25, 0.3) is 5.69 Å². The summed E-state index contributed by atoms with van der Waals surface area (Å²) < 4.78 is 7.33. The van der Waals surface area contributed by atoms with E-state index >= 15 is 0 Å². The number of thioether (sulfide) groups is 1. The molecule has 0 saturated carbocycles. The van der Waals surface area contributed by atoms with Gasteiger partial charge in [-0.25, -0.2) is 0 Å². The largest absolute Gasteiger partial charge is 0.378 e. The monoisotopic (exact) mass is 437 g/mol. The molecule has 0 bridgehead atoms. The van der Waals surface area contributed by atoms with Crippen LogP contribution in [0.5, 0.6) is 0 Å². The van der Waals surface area contributed by atoms with Gasteiger partial charge in [-0.15, -0.1) is 10.2 Å². The van der Waals surface area contributed by atoms with Crippen LogP contribution in [0.15, 0.2) is 53.9 Å². The molecule has 7 nitrogen and oxygen atoms in total. The van der Waals surface area contributed by atoms with E-state index in [0.717, 1.165) is 48.9 Å². The molecule has 1 fully saturated rings. The van der Waals surface area contributed by atoms with E-state index < -0.39 is 0 Å². The Morgan fingerprint density at radius 2 is 1.87 bits per heavy atom. The second-order valence-corrected chi connectivity index (χ2v) is 8.98. The molecule has 0 spiro atoms. The number of benzene rings is 2. The Labute approximate surface area is 186 Å². The van der Waals surface area contributed by atoms with E-state index in [1.54, 1.807) is 6.33 Å². The van der Waals surface area contributed by atoms with Crippen LogP contribution >= 0.6 is 11.8 Å². The van der Waals surface area contributed by atoms with Crippen LogP contribution in [0.3, 0.4) is 0 Å². The molecule has 1 aromatic heterocycles. The van der Waals surface area contributed by atoms with Crippen molar-refractivity contribution in [3.63, 3.8) is 0 Å². The minimum atomic E-state index is -0.326. The normalized spacial score (nSPS) is 15.0. The van der Waals surface area contributed by atoms with Gasteiger partial charge in [0.25, 0.3) is 0 Å². The van der Waals surface area contributed by atoms with Gasteiger partial charge < -0.3 is 15.0 Å². The summed E-state index contributed by atoms with van der Waals surface area (Å²) in [4.78, 5) is 15.1. The van der Waals surface area contributed by atoms with Crippen molar-refractivity contribution in [1.82, 2.24) is 14.8 Å². The molecule has 1 unspecified atom stereocenters. The van der Waals surface area contributed by atoms with Crippen LogP contribution in [0.2, 0.25) is 0 Å². The molecule has 4 rings (SSSR count). The van der Waals surface area contributed by atoms with E-state index in [1.165, 1.54) is 17.3 Å². The number of nitrogens with one attached hydrogen (secondary N) is 1. The van der Waals surface area contributed by atoms with E-state index in [0.29, 0.717) is 5.16 Å². The lowest BCUT2D eigenvalue weighted by molar-refractivity contribution is -0.115. The molecule has 0 aliphatic carbocycles. The second kappa shape index (κ2) is 9.53. The molecular formula is C23H27N5O2S. The number of ether oxygens (including phenoxy) is 1. The molecule has 3 aromatic rings. The van der Waals surface area contributed by atoms with E-state index in [1.807, 2.05) is 35.8 Å². The van der Waals surface area contributed by atoms with Crippen LogP contribution in [0, 0.1) is 13.8 Å². The first kappa shape index (κ1) is 21.4. The highest BCUT2D eigenvalue weighted by atomic mass is 32.2. The first-order chi connectivity index (χ1) is 15.0. The Morgan fingerprint density at radius 1 is 1.13 bits per heavy atom. The van der Waals surface area contributed by atoms with Gasteiger partial charge in [0, 0.05) is 24.5 Å². The average molecular weight is 438 g/mol. The topological polar surface area (TPSA) is 72.3 Å². The SMILES string of the molecule is Cc1ccc(-n2cnnc2SC(C)C(=O)Nc2ccc(N3CCOCC3)cc2)c(C)c1. The van der Waals surface area contributed by atoms with Gasteiger partial charge in [0.05, 0.1) is 24.2 Å². The maximum absolute atomic E-state index is 12.8. The lowest BCUT2D eigenvalue weighted by atomic mass is 10.1. The summed E-state index contributed by atoms with van der Waals surface area (Å²) in [5, 5.41) is 11.7. The predicted octanol–water partition coefficient (Wildman–Crippen LogP) is 3.84. The standard InChI is InChI=1S/C23H27N5O2S/c1-16-4-9-21(17(2)14-16)28-15-24-26-23(28)31-18(3)22(29)25-19-5-7-20(8-6-19)27-10-12-30-13-11-27/h4-9,14-15,18H,10-13H2,1-3H3,(H,25,29). The number of hydrogen-bond acceptors (Lipinski definition) is 6. The average Bonchev–Trinajstić information content (AvgIpc) is 3.22. The molecule has 31 heavy (non-hydrogen) atoms. The summed E-state index contributed by atoms with van der Waals surface area (Å²) in [6.07, 6.45) is 1.69. The molecule has 1 saturated heterocycles. The van der Waals surface area contributed by atoms with Gasteiger partial charge in [-0.05, 0) is 56.7 Å². The first-order valence-electron chi connectivity index (χ1n) is 10.4. The molecule has 8 heteroatoms. The third-order valence-corrected chi connectivity index (χ3v) is 6.35. The zero-order valence-electron chi connectivity index (χ0n) is 18.0. The molecule has 1 aliphatic rings. The fourth-order valence-electron chi connectivity index (χ4n) is 3.58. The maximum atomic E-state index is 12.8. The summed E-state index contributed by atoms with van der Waals surface area (Å²) in [5.41, 5.74) is 5.29. The number of rotatable bonds is 6. The predicted molar refractivity (Wildman–Crippen MR) is 124 cm³/mol. The fourth-order valence-corrected chi connectivity index (χ4v) is 4.41. The Kier molecular flexibility index (Phi) is 6.58. The van der Waals surface area contributed by atoms with Gasteiger partial charge in [-0.3, -0.25) is 9.36 Å². The Bertz CT molecular complexity index is 1040. The Balaban J connectivity index is 1.40. The van der Waals surface area contributed by atoms with Gasteiger partial charge >= 0.3 is 0 Å². The van der Waals surface area contributed by atoms with Crippen molar-refractivity contribution >= 4 is 29.0 Å². The zero-order valence-corrected chi connectivity index (χ0v) is 18.9. The Morgan fingerprint density at radius 3 is 2.58 bits per heavy atom. The lowest BCUT2D eigenvalue weighted by Crippen LogP contribution is -2.36. The van der Waals surface area contributed by atoms with Crippen molar-refractivity contribution in [1.29, 1.82) is 0 Å². The van der Waals surface area contributed by atoms with Crippen LogP contribution in [0.4, 0.5) is 11.4 Å². The minimum absolute atomic E-state index is 0.0701. The minimum Gasteiger partial charge on any atom is -0.378 e. The van der Waals surface area contributed by atoms with Crippen molar-refractivity contribution in [3.05, 3.63) is 59.9 Å². The highest BCUT2D eigenvalue weighted by molar-refractivity contribution is 8.00. The van der Waals surface area contributed by atoms with Crippen LogP contribution in [-0.2, 0) is 9.53 Å². The first-order valence-corrected chi connectivity index (χ1v) is 11.3. The fraction of sp³-hybridized carbons (Fsp3) is 0.348. The number of hydrogen-bond donors (Lipinski definition) is 1. The molecule has 162 valence electrons. The van der Waals surface area contributed by atoms with Crippen molar-refractivity contribution in [3.8, 4) is 5.69 Å². The third-order valence-electron chi connectivity index (χ3n) is 5.29. The second-order valence-electron chi connectivity index (χ2n) is 7.67. The quantitative estimate of drug-likeness (QED) is 0.591. The lowest BCUT2D eigenvalue weighted by Gasteiger charge is -2.28. The maximum Gasteiger partial charge on any atom is 0.237 e. The summed E-state index contributed by atoms with van der Waals surface area (Å²) in [7, 11) is 0. The van der Waals surface area contributed by atoms with Crippen molar-refractivity contribution < 1.29 is 9.53 Å². The van der Waals surface area contributed by atoms with E-state index in [9.17, 15) is 4.79 Å². The summed E-state index contributed by atoms with van der Waals surface area (Å²) in [5.74, 6) is -0.0701.